The molecule has 2 N–H and O–H groups in total. The summed E-state index contributed by atoms with van der Waals surface area (Å²) in [5.41, 5.74) is -0.372. The quantitative estimate of drug-likeness (QED) is 0.395. The summed E-state index contributed by atoms with van der Waals surface area (Å²) in [6.07, 6.45) is -1.82. The number of anilines is 2. The third-order valence-corrected chi connectivity index (χ3v) is 3.36. The van der Waals surface area contributed by atoms with Gasteiger partial charge in [-0.05, 0) is 45.7 Å². The van der Waals surface area contributed by atoms with Crippen LogP contribution in [-0.4, -0.2) is 32.7 Å². The van der Waals surface area contributed by atoms with Gasteiger partial charge in [0.2, 0.25) is 11.9 Å². The Morgan fingerprint density at radius 1 is 1.20 bits per heavy atom. The molecular formula is C19H19F3N8. The van der Waals surface area contributed by atoms with Crippen LogP contribution in [0.5, 0.6) is 0 Å². The maximum absolute atomic E-state index is 13.0. The van der Waals surface area contributed by atoms with E-state index in [9.17, 15) is 13.2 Å². The first-order valence-corrected chi connectivity index (χ1v) is 8.71. The largest absolute Gasteiger partial charge is 0.433 e. The van der Waals surface area contributed by atoms with Gasteiger partial charge >= 0.3 is 6.18 Å². The zero-order valence-electron chi connectivity index (χ0n) is 16.5. The summed E-state index contributed by atoms with van der Waals surface area (Å²) < 4.78 is 39.0. The smallest absolute Gasteiger partial charge is 0.352 e. The van der Waals surface area contributed by atoms with E-state index in [4.69, 9.17) is 5.26 Å². The van der Waals surface area contributed by atoms with Crippen molar-refractivity contribution in [2.45, 2.75) is 33.0 Å². The first-order chi connectivity index (χ1) is 14.1. The predicted octanol–water partition coefficient (Wildman–Crippen LogP) is 4.20. The Morgan fingerprint density at radius 3 is 2.50 bits per heavy atom. The number of hydrogen-bond donors (Lipinski definition) is 2. The van der Waals surface area contributed by atoms with E-state index in [2.05, 4.69) is 42.3 Å². The number of nitriles is 1. The van der Waals surface area contributed by atoms with Crippen LogP contribution in [0.3, 0.4) is 0 Å². The van der Waals surface area contributed by atoms with Gasteiger partial charge in [0, 0.05) is 17.9 Å². The highest BCUT2D eigenvalue weighted by molar-refractivity contribution is 5.55. The molecule has 0 amide bonds. The number of nitrogens with one attached hydrogen (secondary N) is 2. The lowest BCUT2D eigenvalue weighted by Crippen LogP contribution is -2.15. The highest BCUT2D eigenvalue weighted by atomic mass is 19.4. The topological polar surface area (TPSA) is 112 Å². The van der Waals surface area contributed by atoms with E-state index in [1.807, 2.05) is 19.9 Å². The second-order valence-corrected chi connectivity index (χ2v) is 6.34. The van der Waals surface area contributed by atoms with E-state index in [0.29, 0.717) is 5.70 Å². The van der Waals surface area contributed by atoms with Crippen LogP contribution in [0, 0.1) is 11.3 Å². The Labute approximate surface area is 171 Å². The SMILES string of the molecule is C=N/C=C(C#N)\C=C(/C)Nc1nc(NC(C)C)nc(-c2cccc(C(F)(F)F)n2)n1. The summed E-state index contributed by atoms with van der Waals surface area (Å²) in [6, 6.07) is 5.38. The molecule has 11 heteroatoms. The van der Waals surface area contributed by atoms with Gasteiger partial charge in [-0.15, -0.1) is 0 Å². The van der Waals surface area contributed by atoms with Gasteiger partial charge in [0.05, 0.1) is 5.57 Å². The lowest BCUT2D eigenvalue weighted by Gasteiger charge is -2.13. The van der Waals surface area contributed by atoms with Crippen molar-refractivity contribution in [1.82, 2.24) is 19.9 Å². The Bertz CT molecular complexity index is 1020. The molecule has 0 aliphatic heterocycles. The zero-order valence-corrected chi connectivity index (χ0v) is 16.5. The van der Waals surface area contributed by atoms with Gasteiger partial charge in [0.15, 0.2) is 5.82 Å². The molecule has 0 fully saturated rings. The Kier molecular flexibility index (Phi) is 7.19. The molecule has 0 aliphatic carbocycles. The van der Waals surface area contributed by atoms with Crippen molar-refractivity contribution in [3.05, 3.63) is 47.4 Å². The van der Waals surface area contributed by atoms with Gasteiger partial charge in [0.1, 0.15) is 17.5 Å². The number of hydrogen-bond acceptors (Lipinski definition) is 8. The predicted molar refractivity (Wildman–Crippen MR) is 107 cm³/mol. The number of pyridine rings is 1. The van der Waals surface area contributed by atoms with Crippen LogP contribution >= 0.6 is 0 Å². The van der Waals surface area contributed by atoms with Crippen molar-refractivity contribution in [1.29, 1.82) is 5.26 Å². The molecule has 0 unspecified atom stereocenters. The van der Waals surface area contributed by atoms with Crippen LogP contribution in [-0.2, 0) is 6.18 Å². The fraction of sp³-hybridized carbons (Fsp3) is 0.263. The number of halogens is 3. The first-order valence-electron chi connectivity index (χ1n) is 8.71. The van der Waals surface area contributed by atoms with Gasteiger partial charge in [-0.2, -0.15) is 33.4 Å². The maximum Gasteiger partial charge on any atom is 0.433 e. The van der Waals surface area contributed by atoms with Crippen LogP contribution in [0.25, 0.3) is 11.5 Å². The van der Waals surface area contributed by atoms with Crippen LogP contribution in [0.4, 0.5) is 25.1 Å². The van der Waals surface area contributed by atoms with E-state index in [0.717, 1.165) is 6.07 Å². The number of rotatable bonds is 7. The second kappa shape index (κ2) is 9.60. The van der Waals surface area contributed by atoms with Crippen molar-refractivity contribution in [2.75, 3.05) is 10.6 Å². The number of aromatic nitrogens is 4. The third kappa shape index (κ3) is 6.37. The van der Waals surface area contributed by atoms with Crippen LogP contribution in [0.15, 0.2) is 46.7 Å². The van der Waals surface area contributed by atoms with Crippen molar-refractivity contribution >= 4 is 18.6 Å². The minimum Gasteiger partial charge on any atom is -0.352 e. The van der Waals surface area contributed by atoms with Crippen molar-refractivity contribution in [2.24, 2.45) is 4.99 Å². The van der Waals surface area contributed by atoms with Crippen molar-refractivity contribution < 1.29 is 13.2 Å². The Hall–Kier alpha value is -3.81. The van der Waals surface area contributed by atoms with Gasteiger partial charge in [-0.3, -0.25) is 4.99 Å². The van der Waals surface area contributed by atoms with Crippen LogP contribution in [0.1, 0.15) is 26.5 Å². The molecule has 0 saturated carbocycles. The van der Waals surface area contributed by atoms with E-state index >= 15 is 0 Å². The lowest BCUT2D eigenvalue weighted by molar-refractivity contribution is -0.141. The van der Waals surface area contributed by atoms with Crippen molar-refractivity contribution in [3.63, 3.8) is 0 Å². The molecule has 0 spiro atoms. The monoisotopic (exact) mass is 416 g/mol. The summed E-state index contributed by atoms with van der Waals surface area (Å²) in [7, 11) is 0. The number of alkyl halides is 3. The van der Waals surface area contributed by atoms with Gasteiger partial charge in [-0.25, -0.2) is 4.98 Å². The summed E-state index contributed by atoms with van der Waals surface area (Å²) >= 11 is 0. The highest BCUT2D eigenvalue weighted by Gasteiger charge is 2.32. The Morgan fingerprint density at radius 2 is 1.90 bits per heavy atom. The fourth-order valence-electron chi connectivity index (χ4n) is 2.23. The number of aliphatic imine (C=N–C) groups is 1. The molecule has 0 bridgehead atoms. The number of allylic oxidation sites excluding steroid dienone is 3. The molecule has 30 heavy (non-hydrogen) atoms. The summed E-state index contributed by atoms with van der Waals surface area (Å²) in [5.74, 6) is 0.187. The normalized spacial score (nSPS) is 12.5. The van der Waals surface area contributed by atoms with Gasteiger partial charge in [0.25, 0.3) is 0 Å². The fourth-order valence-corrected chi connectivity index (χ4v) is 2.23. The van der Waals surface area contributed by atoms with Crippen LogP contribution < -0.4 is 10.6 Å². The molecule has 0 atom stereocenters. The minimum atomic E-state index is -4.60. The van der Waals surface area contributed by atoms with E-state index < -0.39 is 11.9 Å². The van der Waals surface area contributed by atoms with E-state index in [-0.39, 0.29) is 35.0 Å². The molecular weight excluding hydrogens is 397 g/mol. The van der Waals surface area contributed by atoms with Crippen molar-refractivity contribution in [3.8, 4) is 17.6 Å². The summed E-state index contributed by atoms with van der Waals surface area (Å²) in [4.78, 5) is 19.7. The molecule has 2 heterocycles. The summed E-state index contributed by atoms with van der Waals surface area (Å²) in [6.45, 7) is 8.67. The molecule has 2 rings (SSSR count). The molecule has 0 aromatic carbocycles. The zero-order chi connectivity index (χ0) is 22.3. The molecule has 2 aromatic rings. The second-order valence-electron chi connectivity index (χ2n) is 6.34. The summed E-state index contributed by atoms with van der Waals surface area (Å²) in [5, 5.41) is 14.9. The lowest BCUT2D eigenvalue weighted by atomic mass is 10.2. The molecule has 0 radical (unpaired) electrons. The molecule has 156 valence electrons. The molecule has 0 saturated heterocycles. The average molecular weight is 416 g/mol. The average Bonchev–Trinajstić information content (AvgIpc) is 2.66. The first kappa shape index (κ1) is 22.5. The minimum absolute atomic E-state index is 0.0361. The van der Waals surface area contributed by atoms with E-state index in [1.165, 1.54) is 24.4 Å². The van der Waals surface area contributed by atoms with Gasteiger partial charge < -0.3 is 10.6 Å². The van der Waals surface area contributed by atoms with E-state index in [1.54, 1.807) is 6.92 Å². The number of nitrogens with zero attached hydrogens (tertiary/aromatic N) is 6. The molecule has 2 aromatic heterocycles. The molecule has 8 nitrogen and oxygen atoms in total. The van der Waals surface area contributed by atoms with Crippen LogP contribution in [0.2, 0.25) is 0 Å². The van der Waals surface area contributed by atoms with Gasteiger partial charge in [-0.1, -0.05) is 6.07 Å². The standard InChI is InChI=1S/C19H19F3N8/c1-11(2)25-17-28-16(14-6-5-7-15(27-14)19(20,21)22)29-18(30-17)26-12(3)8-13(9-23)10-24-4/h5-8,10-11H,4H2,1-3H3,(H2,25,26,28,29,30)/b12-8+,13-10+. The highest BCUT2D eigenvalue weighted by Crippen LogP contribution is 2.29. The third-order valence-electron chi connectivity index (χ3n) is 3.36. The Balaban J connectivity index is 2.48. The molecule has 0 aliphatic rings. The maximum atomic E-state index is 13.0.